The molecule has 1 aromatic heterocycles. The molecule has 2 aromatic rings. The largest absolute Gasteiger partial charge is 0.388 e. The number of aliphatic hydroxyl groups is 1. The molecule has 2 rings (SSSR count). The van der Waals surface area contributed by atoms with Gasteiger partial charge in [-0.2, -0.15) is 5.10 Å². The first-order chi connectivity index (χ1) is 15.1. The number of allylic oxidation sites excluding steroid dienone is 1. The van der Waals surface area contributed by atoms with Crippen molar-refractivity contribution in [2.45, 2.75) is 84.3 Å². The summed E-state index contributed by atoms with van der Waals surface area (Å²) in [5.41, 5.74) is 4.00. The van der Waals surface area contributed by atoms with Crippen molar-refractivity contribution >= 4 is 23.9 Å². The Bertz CT molecular complexity index is 832. The molecule has 31 heavy (non-hydrogen) atoms. The molecule has 1 heterocycles. The van der Waals surface area contributed by atoms with Crippen LogP contribution >= 0.6 is 11.9 Å². The lowest BCUT2D eigenvalue weighted by Gasteiger charge is -2.15. The summed E-state index contributed by atoms with van der Waals surface area (Å²) in [6.07, 6.45) is 16.0. The molecule has 0 aliphatic rings. The van der Waals surface area contributed by atoms with Gasteiger partial charge in [-0.15, -0.1) is 0 Å². The van der Waals surface area contributed by atoms with Gasteiger partial charge in [0.1, 0.15) is 11.9 Å². The molecule has 1 aromatic carbocycles. The molecule has 6 heteroatoms. The standard InChI is InChI=1S/C25H35ClN2O3/c1-3-5-6-7-8-9-10-12-21-17-20(22-18-27-28(4-2)19-22)15-16-23(21)24(29)13-11-14-25(30)31-26/h10,12,15-19,24,29H,3-9,11,13-14H2,1-2H3/b12-10+. The molecule has 0 saturated carbocycles. The molecule has 0 radical (unpaired) electrons. The van der Waals surface area contributed by atoms with E-state index >= 15 is 0 Å². The molecular formula is C25H35ClN2O3. The summed E-state index contributed by atoms with van der Waals surface area (Å²) in [6, 6.07) is 6.10. The van der Waals surface area contributed by atoms with Crippen LogP contribution in [0.2, 0.25) is 0 Å². The lowest BCUT2D eigenvalue weighted by molar-refractivity contribution is -0.134. The van der Waals surface area contributed by atoms with Crippen LogP contribution in [0.25, 0.3) is 17.2 Å². The number of carbonyl (C=O) groups is 1. The smallest absolute Gasteiger partial charge is 0.324 e. The van der Waals surface area contributed by atoms with E-state index in [0.717, 1.165) is 35.2 Å². The van der Waals surface area contributed by atoms with Crippen LogP contribution in [0.1, 0.15) is 88.9 Å². The average molecular weight is 447 g/mol. The van der Waals surface area contributed by atoms with Gasteiger partial charge in [0.05, 0.1) is 12.3 Å². The first kappa shape index (κ1) is 25.2. The Morgan fingerprint density at radius 3 is 2.71 bits per heavy atom. The van der Waals surface area contributed by atoms with Crippen molar-refractivity contribution < 1.29 is 14.2 Å². The van der Waals surface area contributed by atoms with Crippen LogP contribution in [0.15, 0.2) is 36.7 Å². The van der Waals surface area contributed by atoms with Crippen LogP contribution in [0, 0.1) is 0 Å². The van der Waals surface area contributed by atoms with Crippen LogP contribution in [0.4, 0.5) is 0 Å². The van der Waals surface area contributed by atoms with Gasteiger partial charge in [-0.05, 0) is 55.4 Å². The third-order valence-corrected chi connectivity index (χ3v) is 5.62. The number of benzene rings is 1. The highest BCUT2D eigenvalue weighted by atomic mass is 35.5. The monoisotopic (exact) mass is 446 g/mol. The number of aromatic nitrogens is 2. The van der Waals surface area contributed by atoms with E-state index in [4.69, 9.17) is 11.9 Å². The third kappa shape index (κ3) is 8.50. The number of carbonyl (C=O) groups excluding carboxylic acids is 1. The topological polar surface area (TPSA) is 64.3 Å². The molecule has 0 aliphatic heterocycles. The number of hydrogen-bond donors (Lipinski definition) is 1. The molecule has 1 unspecified atom stereocenters. The SMILES string of the molecule is CCCCCCC/C=C/c1cc(-c2cnn(CC)c2)ccc1C(O)CCCC(=O)OCl. The summed E-state index contributed by atoms with van der Waals surface area (Å²) in [4.78, 5) is 11.2. The summed E-state index contributed by atoms with van der Waals surface area (Å²) in [6.45, 7) is 5.11. The minimum atomic E-state index is -0.653. The Balaban J connectivity index is 2.13. The van der Waals surface area contributed by atoms with Crippen molar-refractivity contribution in [1.29, 1.82) is 0 Å². The summed E-state index contributed by atoms with van der Waals surface area (Å²) >= 11 is 5.08. The van der Waals surface area contributed by atoms with Gasteiger partial charge in [0.2, 0.25) is 0 Å². The van der Waals surface area contributed by atoms with Crippen molar-refractivity contribution in [3.05, 3.63) is 47.8 Å². The minimum absolute atomic E-state index is 0.192. The number of nitrogens with zero attached hydrogens (tertiary/aromatic N) is 2. The molecule has 1 N–H and O–H groups in total. The zero-order valence-corrected chi connectivity index (χ0v) is 19.5. The number of halogens is 1. The van der Waals surface area contributed by atoms with Crippen LogP contribution in [0.3, 0.4) is 0 Å². The molecule has 0 aliphatic carbocycles. The number of rotatable bonds is 14. The Hall–Kier alpha value is -2.11. The minimum Gasteiger partial charge on any atom is -0.388 e. The van der Waals surface area contributed by atoms with Gasteiger partial charge in [0.25, 0.3) is 0 Å². The summed E-state index contributed by atoms with van der Waals surface area (Å²) < 4.78 is 6.07. The van der Waals surface area contributed by atoms with Crippen LogP contribution in [-0.4, -0.2) is 20.9 Å². The second kappa shape index (κ2) is 14.0. The highest BCUT2D eigenvalue weighted by molar-refractivity contribution is 6.13. The predicted octanol–water partition coefficient (Wildman–Crippen LogP) is 6.84. The Morgan fingerprint density at radius 2 is 2.00 bits per heavy atom. The molecule has 5 nitrogen and oxygen atoms in total. The maximum Gasteiger partial charge on any atom is 0.324 e. The lowest BCUT2D eigenvalue weighted by Crippen LogP contribution is -2.03. The fourth-order valence-electron chi connectivity index (χ4n) is 3.60. The number of aryl methyl sites for hydroxylation is 1. The van der Waals surface area contributed by atoms with Gasteiger partial charge in [0.15, 0.2) is 0 Å². The summed E-state index contributed by atoms with van der Waals surface area (Å²) in [5, 5.41) is 15.1. The first-order valence-electron chi connectivity index (χ1n) is 11.4. The molecule has 0 spiro atoms. The first-order valence-corrected chi connectivity index (χ1v) is 11.7. The molecule has 0 fully saturated rings. The quantitative estimate of drug-likeness (QED) is 0.322. The number of unbranched alkanes of at least 4 members (excludes halogenated alkanes) is 5. The van der Waals surface area contributed by atoms with E-state index in [2.05, 4.69) is 41.5 Å². The number of hydrogen-bond acceptors (Lipinski definition) is 4. The molecule has 0 saturated heterocycles. The Morgan fingerprint density at radius 1 is 1.19 bits per heavy atom. The van der Waals surface area contributed by atoms with E-state index in [1.807, 2.05) is 29.2 Å². The maximum absolute atomic E-state index is 11.2. The summed E-state index contributed by atoms with van der Waals surface area (Å²) in [7, 11) is 0. The third-order valence-electron chi connectivity index (χ3n) is 5.45. The molecule has 1 atom stereocenters. The highest BCUT2D eigenvalue weighted by Gasteiger charge is 2.14. The van der Waals surface area contributed by atoms with Crippen molar-refractivity contribution in [3.63, 3.8) is 0 Å². The normalized spacial score (nSPS) is 12.4. The average Bonchev–Trinajstić information content (AvgIpc) is 3.27. The second-order valence-corrected chi connectivity index (χ2v) is 8.05. The van der Waals surface area contributed by atoms with Crippen LogP contribution in [-0.2, 0) is 15.6 Å². The van der Waals surface area contributed by atoms with E-state index in [1.54, 1.807) is 0 Å². The van der Waals surface area contributed by atoms with Crippen molar-refractivity contribution in [1.82, 2.24) is 9.78 Å². The van der Waals surface area contributed by atoms with E-state index in [0.29, 0.717) is 12.8 Å². The molecule has 0 amide bonds. The second-order valence-electron chi connectivity index (χ2n) is 7.89. The zero-order valence-electron chi connectivity index (χ0n) is 18.7. The highest BCUT2D eigenvalue weighted by Crippen LogP contribution is 2.29. The summed E-state index contributed by atoms with van der Waals surface area (Å²) in [5.74, 6) is -0.472. The number of aliphatic hydroxyl groups excluding tert-OH is 1. The van der Waals surface area contributed by atoms with E-state index in [9.17, 15) is 9.90 Å². The fraction of sp³-hybridized carbons (Fsp3) is 0.520. The lowest BCUT2D eigenvalue weighted by atomic mass is 9.94. The van der Waals surface area contributed by atoms with Crippen molar-refractivity contribution in [3.8, 4) is 11.1 Å². The predicted molar refractivity (Wildman–Crippen MR) is 127 cm³/mol. The van der Waals surface area contributed by atoms with Gasteiger partial charge in [0, 0.05) is 24.7 Å². The Labute approximate surface area is 191 Å². The fourth-order valence-corrected chi connectivity index (χ4v) is 3.67. The van der Waals surface area contributed by atoms with Crippen LogP contribution in [0.5, 0.6) is 0 Å². The van der Waals surface area contributed by atoms with E-state index in [-0.39, 0.29) is 6.42 Å². The van der Waals surface area contributed by atoms with E-state index < -0.39 is 12.1 Å². The zero-order chi connectivity index (χ0) is 22.5. The molecule has 0 bridgehead atoms. The maximum atomic E-state index is 11.2. The van der Waals surface area contributed by atoms with E-state index in [1.165, 1.54) is 32.1 Å². The van der Waals surface area contributed by atoms with Gasteiger partial charge in [-0.25, -0.2) is 0 Å². The molecular weight excluding hydrogens is 412 g/mol. The van der Waals surface area contributed by atoms with Crippen molar-refractivity contribution in [2.75, 3.05) is 0 Å². The Kier molecular flexibility index (Phi) is 11.4. The van der Waals surface area contributed by atoms with Gasteiger partial charge in [-0.3, -0.25) is 9.48 Å². The van der Waals surface area contributed by atoms with Crippen LogP contribution < -0.4 is 0 Å². The van der Waals surface area contributed by atoms with Gasteiger partial charge >= 0.3 is 5.97 Å². The van der Waals surface area contributed by atoms with Gasteiger partial charge < -0.3 is 9.40 Å². The van der Waals surface area contributed by atoms with Gasteiger partial charge in [-0.1, -0.05) is 56.9 Å². The molecule has 170 valence electrons. The van der Waals surface area contributed by atoms with Crippen molar-refractivity contribution in [2.24, 2.45) is 0 Å².